The van der Waals surface area contributed by atoms with Crippen LogP contribution in [0.25, 0.3) is 0 Å². The lowest BCUT2D eigenvalue weighted by Gasteiger charge is -2.31. The minimum atomic E-state index is -0.644. The first kappa shape index (κ1) is 9.97. The molecule has 0 radical (unpaired) electrons. The van der Waals surface area contributed by atoms with Crippen LogP contribution in [0.4, 0.5) is 0 Å². The molecule has 0 spiro atoms. The van der Waals surface area contributed by atoms with Gasteiger partial charge in [-0.25, -0.2) is 0 Å². The molecular weight excluding hydrogens is 178 g/mol. The van der Waals surface area contributed by atoms with E-state index in [0.717, 1.165) is 12.5 Å². The fourth-order valence-electron chi connectivity index (χ4n) is 2.37. The van der Waals surface area contributed by atoms with Crippen LogP contribution in [-0.4, -0.2) is 35.1 Å². The molecule has 14 heavy (non-hydrogen) atoms. The van der Waals surface area contributed by atoms with Crippen molar-refractivity contribution in [3.8, 4) is 0 Å². The average molecular weight is 197 g/mol. The van der Waals surface area contributed by atoms with Crippen molar-refractivity contribution >= 4 is 5.97 Å². The molecule has 1 saturated heterocycles. The number of likely N-dealkylation sites (tertiary alicyclic amines) is 1. The van der Waals surface area contributed by atoms with Gasteiger partial charge in [-0.2, -0.15) is 0 Å². The third kappa shape index (κ3) is 2.71. The highest BCUT2D eigenvalue weighted by atomic mass is 16.4. The molecule has 2 aliphatic rings. The minimum Gasteiger partial charge on any atom is -0.481 e. The lowest BCUT2D eigenvalue weighted by molar-refractivity contribution is -0.137. The summed E-state index contributed by atoms with van der Waals surface area (Å²) in [7, 11) is 0. The Morgan fingerprint density at radius 2 is 1.86 bits per heavy atom. The highest BCUT2D eigenvalue weighted by Gasteiger charge is 2.31. The molecule has 1 N–H and O–H groups in total. The van der Waals surface area contributed by atoms with Gasteiger partial charge in [0.25, 0.3) is 0 Å². The van der Waals surface area contributed by atoms with E-state index in [1.807, 2.05) is 0 Å². The molecule has 1 aliphatic heterocycles. The molecule has 1 heterocycles. The van der Waals surface area contributed by atoms with Crippen LogP contribution < -0.4 is 0 Å². The maximum absolute atomic E-state index is 10.4. The molecule has 2 fully saturated rings. The van der Waals surface area contributed by atoms with Gasteiger partial charge in [0.15, 0.2) is 0 Å². The predicted octanol–water partition coefficient (Wildman–Crippen LogP) is 1.73. The van der Waals surface area contributed by atoms with Crippen LogP contribution in [0, 0.1) is 5.92 Å². The van der Waals surface area contributed by atoms with Gasteiger partial charge in [0.2, 0.25) is 0 Å². The predicted molar refractivity (Wildman–Crippen MR) is 54.2 cm³/mol. The van der Waals surface area contributed by atoms with Crippen LogP contribution >= 0.6 is 0 Å². The second-order valence-electron chi connectivity index (χ2n) is 4.64. The number of hydrogen-bond donors (Lipinski definition) is 1. The third-order valence-corrected chi connectivity index (χ3v) is 3.48. The van der Waals surface area contributed by atoms with E-state index < -0.39 is 5.97 Å². The van der Waals surface area contributed by atoms with Gasteiger partial charge >= 0.3 is 5.97 Å². The maximum Gasteiger partial charge on any atom is 0.303 e. The molecule has 0 aromatic carbocycles. The monoisotopic (exact) mass is 197 g/mol. The summed E-state index contributed by atoms with van der Waals surface area (Å²) in [5, 5.41) is 8.58. The highest BCUT2D eigenvalue weighted by Crippen LogP contribution is 2.31. The number of nitrogens with zero attached hydrogens (tertiary/aromatic N) is 1. The Labute approximate surface area is 85.1 Å². The number of aliphatic carboxylic acids is 1. The van der Waals surface area contributed by atoms with Crippen LogP contribution in [0.15, 0.2) is 0 Å². The Morgan fingerprint density at radius 3 is 2.36 bits per heavy atom. The Bertz CT molecular complexity index is 205. The van der Waals surface area contributed by atoms with Crippen molar-refractivity contribution in [2.24, 2.45) is 5.92 Å². The maximum atomic E-state index is 10.4. The minimum absolute atomic E-state index is 0.355. The molecule has 0 aromatic rings. The van der Waals surface area contributed by atoms with Crippen molar-refractivity contribution in [1.29, 1.82) is 0 Å². The first-order valence-electron chi connectivity index (χ1n) is 5.71. The number of rotatable bonds is 4. The Hall–Kier alpha value is -0.570. The normalized spacial score (nSPS) is 25.1. The molecule has 0 unspecified atom stereocenters. The highest BCUT2D eigenvalue weighted by molar-refractivity contribution is 5.66. The smallest absolute Gasteiger partial charge is 0.303 e. The molecular formula is C11H19NO2. The van der Waals surface area contributed by atoms with Crippen LogP contribution in [0.2, 0.25) is 0 Å². The van der Waals surface area contributed by atoms with Crippen LogP contribution in [-0.2, 0) is 4.79 Å². The van der Waals surface area contributed by atoms with E-state index in [0.29, 0.717) is 12.3 Å². The van der Waals surface area contributed by atoms with Crippen LogP contribution in [0.1, 0.15) is 38.5 Å². The summed E-state index contributed by atoms with van der Waals surface area (Å²) in [6.07, 6.45) is 6.44. The lowest BCUT2D eigenvalue weighted by Crippen LogP contribution is -2.35. The van der Waals surface area contributed by atoms with Gasteiger partial charge < -0.3 is 10.0 Å². The van der Waals surface area contributed by atoms with Crippen LogP contribution in [0.3, 0.4) is 0 Å². The standard InChI is InChI=1S/C11H19NO2/c13-11(14)4-1-9-5-7-12(8-6-9)10-2-3-10/h9-10H,1-8H2,(H,13,14). The van der Waals surface area contributed by atoms with E-state index in [2.05, 4.69) is 4.90 Å². The van der Waals surface area contributed by atoms with Gasteiger partial charge in [0.05, 0.1) is 0 Å². The number of carboxylic acids is 1. The van der Waals surface area contributed by atoms with Gasteiger partial charge in [-0.1, -0.05) is 0 Å². The fourth-order valence-corrected chi connectivity index (χ4v) is 2.37. The van der Waals surface area contributed by atoms with Crippen molar-refractivity contribution in [2.45, 2.75) is 44.6 Å². The fraction of sp³-hybridized carbons (Fsp3) is 0.909. The zero-order chi connectivity index (χ0) is 9.97. The van der Waals surface area contributed by atoms with E-state index in [1.165, 1.54) is 38.8 Å². The van der Waals surface area contributed by atoms with Gasteiger partial charge in [-0.05, 0) is 51.1 Å². The Morgan fingerprint density at radius 1 is 1.21 bits per heavy atom. The van der Waals surface area contributed by atoms with Gasteiger partial charge in [0.1, 0.15) is 0 Å². The summed E-state index contributed by atoms with van der Waals surface area (Å²) >= 11 is 0. The first-order chi connectivity index (χ1) is 6.75. The summed E-state index contributed by atoms with van der Waals surface area (Å²) in [5.41, 5.74) is 0. The van der Waals surface area contributed by atoms with E-state index in [1.54, 1.807) is 0 Å². The van der Waals surface area contributed by atoms with Gasteiger partial charge in [-0.15, -0.1) is 0 Å². The molecule has 0 atom stereocenters. The summed E-state index contributed by atoms with van der Waals surface area (Å²) in [5.74, 6) is 0.0238. The summed E-state index contributed by atoms with van der Waals surface area (Å²) < 4.78 is 0. The Balaban J connectivity index is 1.64. The number of carboxylic acid groups (broad SMARTS) is 1. The van der Waals surface area contributed by atoms with Crippen molar-refractivity contribution in [2.75, 3.05) is 13.1 Å². The van der Waals surface area contributed by atoms with Gasteiger partial charge in [0, 0.05) is 12.5 Å². The summed E-state index contributed by atoms with van der Waals surface area (Å²) in [6.45, 7) is 2.41. The molecule has 3 heteroatoms. The van der Waals surface area contributed by atoms with Crippen molar-refractivity contribution in [3.63, 3.8) is 0 Å². The lowest BCUT2D eigenvalue weighted by atomic mass is 9.92. The molecule has 0 amide bonds. The average Bonchev–Trinajstić information content (AvgIpc) is 2.99. The molecule has 0 aromatic heterocycles. The van der Waals surface area contributed by atoms with Crippen molar-refractivity contribution in [1.82, 2.24) is 4.90 Å². The molecule has 80 valence electrons. The van der Waals surface area contributed by atoms with Gasteiger partial charge in [-0.3, -0.25) is 4.79 Å². The SMILES string of the molecule is O=C(O)CCC1CCN(C2CC2)CC1. The van der Waals surface area contributed by atoms with E-state index in [-0.39, 0.29) is 0 Å². The van der Waals surface area contributed by atoms with E-state index in [4.69, 9.17) is 5.11 Å². The topological polar surface area (TPSA) is 40.5 Å². The zero-order valence-electron chi connectivity index (χ0n) is 8.61. The zero-order valence-corrected chi connectivity index (χ0v) is 8.61. The quantitative estimate of drug-likeness (QED) is 0.746. The number of hydrogen-bond acceptors (Lipinski definition) is 2. The molecule has 0 bridgehead atoms. The summed E-state index contributed by atoms with van der Waals surface area (Å²) in [6, 6.07) is 0.885. The Kier molecular flexibility index (Phi) is 3.06. The van der Waals surface area contributed by atoms with E-state index >= 15 is 0 Å². The van der Waals surface area contributed by atoms with Crippen molar-refractivity contribution in [3.05, 3.63) is 0 Å². The number of piperidine rings is 1. The number of carbonyl (C=O) groups is 1. The largest absolute Gasteiger partial charge is 0.481 e. The molecule has 3 nitrogen and oxygen atoms in total. The summed E-state index contributed by atoms with van der Waals surface area (Å²) in [4.78, 5) is 13.0. The van der Waals surface area contributed by atoms with E-state index in [9.17, 15) is 4.79 Å². The molecule has 1 saturated carbocycles. The van der Waals surface area contributed by atoms with Crippen molar-refractivity contribution < 1.29 is 9.90 Å². The second-order valence-corrected chi connectivity index (χ2v) is 4.64. The first-order valence-corrected chi connectivity index (χ1v) is 5.71. The second kappa shape index (κ2) is 4.30. The third-order valence-electron chi connectivity index (χ3n) is 3.48. The molecule has 1 aliphatic carbocycles. The van der Waals surface area contributed by atoms with Crippen LogP contribution in [0.5, 0.6) is 0 Å². The molecule has 2 rings (SSSR count).